The van der Waals surface area contributed by atoms with E-state index in [1.165, 1.54) is 12.2 Å². The second-order valence-corrected chi connectivity index (χ2v) is 3.01. The van der Waals surface area contributed by atoms with Crippen LogP contribution in [-0.4, -0.2) is 5.75 Å². The molecule has 0 aliphatic rings. The molecule has 0 fully saturated rings. The van der Waals surface area contributed by atoms with E-state index < -0.39 is 0 Å². The molecule has 0 rings (SSSR count). The lowest BCUT2D eigenvalue weighted by atomic mass is 10.2. The van der Waals surface area contributed by atoms with Crippen LogP contribution in [-0.2, 0) is 0 Å². The van der Waals surface area contributed by atoms with Crippen LogP contribution in [0.1, 0.15) is 20.3 Å². The highest BCUT2D eigenvalue weighted by atomic mass is 32.2. The zero-order valence-electron chi connectivity index (χ0n) is 5.68. The third kappa shape index (κ3) is 4.25. The van der Waals surface area contributed by atoms with Crippen molar-refractivity contribution in [1.29, 1.82) is 0 Å². The predicted molar refractivity (Wildman–Crippen MR) is 42.1 cm³/mol. The van der Waals surface area contributed by atoms with Gasteiger partial charge in [-0.15, -0.1) is 11.8 Å². The molecule has 0 aliphatic carbocycles. The fraction of sp³-hybridized carbons (Fsp3) is 0.714. The molecule has 1 atom stereocenters. The van der Waals surface area contributed by atoms with Crippen molar-refractivity contribution >= 4 is 11.8 Å². The lowest BCUT2D eigenvalue weighted by Crippen LogP contribution is -1.93. The lowest BCUT2D eigenvalue weighted by Gasteiger charge is -2.02. The summed E-state index contributed by atoms with van der Waals surface area (Å²) >= 11 is 1.80. The molecule has 0 saturated heterocycles. The molecule has 0 heterocycles. The van der Waals surface area contributed by atoms with Gasteiger partial charge in [-0.3, -0.25) is 0 Å². The van der Waals surface area contributed by atoms with E-state index in [-0.39, 0.29) is 0 Å². The van der Waals surface area contributed by atoms with Gasteiger partial charge in [-0.05, 0) is 17.1 Å². The summed E-state index contributed by atoms with van der Waals surface area (Å²) in [5.74, 6) is 2.07. The minimum atomic E-state index is 0.845. The fourth-order valence-electron chi connectivity index (χ4n) is 0.350. The smallest absolute Gasteiger partial charge is 0.0000523 e. The molecular formula is C7H14S. The molecule has 1 unspecified atom stereocenters. The Morgan fingerprint density at radius 2 is 2.38 bits per heavy atom. The first-order chi connectivity index (χ1) is 3.81. The largest absolute Gasteiger partial charge is 0.134 e. The maximum Gasteiger partial charge on any atom is -0.0000523 e. The Hall–Kier alpha value is 0.0900. The van der Waals surface area contributed by atoms with Gasteiger partial charge in [0.15, 0.2) is 0 Å². The maximum absolute atomic E-state index is 3.63. The van der Waals surface area contributed by atoms with Gasteiger partial charge in [-0.25, -0.2) is 0 Å². The van der Waals surface area contributed by atoms with Crippen LogP contribution in [0.4, 0.5) is 0 Å². The highest BCUT2D eigenvalue weighted by Gasteiger charge is 1.94. The molecule has 0 radical (unpaired) electrons. The van der Waals surface area contributed by atoms with Crippen molar-refractivity contribution in [2.75, 3.05) is 5.75 Å². The highest BCUT2D eigenvalue weighted by Crippen LogP contribution is 2.10. The third-order valence-corrected chi connectivity index (χ3v) is 2.19. The SMILES string of the molecule is C=CSCC(C)CC. The first-order valence-corrected chi connectivity index (χ1v) is 4.08. The molecule has 0 aromatic carbocycles. The third-order valence-electron chi connectivity index (χ3n) is 1.20. The summed E-state index contributed by atoms with van der Waals surface area (Å²) in [5.41, 5.74) is 0. The Morgan fingerprint density at radius 1 is 1.75 bits per heavy atom. The van der Waals surface area contributed by atoms with Crippen LogP contribution in [0.15, 0.2) is 12.0 Å². The van der Waals surface area contributed by atoms with Crippen LogP contribution >= 0.6 is 11.8 Å². The van der Waals surface area contributed by atoms with Gasteiger partial charge in [0.25, 0.3) is 0 Å². The molecule has 0 amide bonds. The normalized spacial score (nSPS) is 13.2. The molecular weight excluding hydrogens is 116 g/mol. The molecule has 48 valence electrons. The molecule has 1 heteroatoms. The molecule has 0 aliphatic heterocycles. The van der Waals surface area contributed by atoms with E-state index in [4.69, 9.17) is 0 Å². The van der Waals surface area contributed by atoms with Crippen molar-refractivity contribution in [1.82, 2.24) is 0 Å². The lowest BCUT2D eigenvalue weighted by molar-refractivity contribution is 0.638. The van der Waals surface area contributed by atoms with E-state index in [2.05, 4.69) is 20.4 Å². The number of rotatable bonds is 4. The second-order valence-electron chi connectivity index (χ2n) is 2.01. The van der Waals surface area contributed by atoms with Crippen molar-refractivity contribution < 1.29 is 0 Å². The van der Waals surface area contributed by atoms with Crippen molar-refractivity contribution in [3.05, 3.63) is 12.0 Å². The Morgan fingerprint density at radius 3 is 2.75 bits per heavy atom. The summed E-state index contributed by atoms with van der Waals surface area (Å²) in [4.78, 5) is 0. The first-order valence-electron chi connectivity index (χ1n) is 3.03. The zero-order valence-corrected chi connectivity index (χ0v) is 6.50. The Kier molecular flexibility index (Phi) is 5.29. The molecule has 0 N–H and O–H groups in total. The topological polar surface area (TPSA) is 0 Å². The van der Waals surface area contributed by atoms with E-state index in [0.717, 1.165) is 5.92 Å². The van der Waals surface area contributed by atoms with E-state index in [0.29, 0.717) is 0 Å². The van der Waals surface area contributed by atoms with Gasteiger partial charge in [-0.2, -0.15) is 0 Å². The molecule has 0 bridgehead atoms. The van der Waals surface area contributed by atoms with Gasteiger partial charge < -0.3 is 0 Å². The van der Waals surface area contributed by atoms with Gasteiger partial charge in [0.1, 0.15) is 0 Å². The van der Waals surface area contributed by atoms with Gasteiger partial charge in [0.2, 0.25) is 0 Å². The minimum Gasteiger partial charge on any atom is -0.134 e. The van der Waals surface area contributed by atoms with Crippen LogP contribution in [0.25, 0.3) is 0 Å². The van der Waals surface area contributed by atoms with Crippen molar-refractivity contribution in [3.8, 4) is 0 Å². The van der Waals surface area contributed by atoms with Crippen molar-refractivity contribution in [3.63, 3.8) is 0 Å². The van der Waals surface area contributed by atoms with Crippen LogP contribution in [0, 0.1) is 5.92 Å². The second kappa shape index (κ2) is 5.23. The van der Waals surface area contributed by atoms with Crippen LogP contribution in [0.2, 0.25) is 0 Å². The molecule has 0 nitrogen and oxygen atoms in total. The number of thioether (sulfide) groups is 1. The number of hydrogen-bond acceptors (Lipinski definition) is 1. The molecule has 8 heavy (non-hydrogen) atoms. The van der Waals surface area contributed by atoms with Gasteiger partial charge in [0, 0.05) is 0 Å². The van der Waals surface area contributed by atoms with Crippen LogP contribution in [0.5, 0.6) is 0 Å². The van der Waals surface area contributed by atoms with Crippen LogP contribution < -0.4 is 0 Å². The average molecular weight is 130 g/mol. The summed E-state index contributed by atoms with van der Waals surface area (Å²) in [5, 5.41) is 1.91. The summed E-state index contributed by atoms with van der Waals surface area (Å²) < 4.78 is 0. The average Bonchev–Trinajstić information content (AvgIpc) is 1.83. The van der Waals surface area contributed by atoms with Gasteiger partial charge >= 0.3 is 0 Å². The predicted octanol–water partition coefficient (Wildman–Crippen LogP) is 2.91. The Labute approximate surface area is 56.4 Å². The fourth-order valence-corrected chi connectivity index (χ4v) is 1.05. The summed E-state index contributed by atoms with van der Waals surface area (Å²) in [6, 6.07) is 0. The Balaban J connectivity index is 2.97. The zero-order chi connectivity index (χ0) is 6.41. The standard InChI is InChI=1S/C7H14S/c1-4-7(3)6-8-5-2/h5,7H,2,4,6H2,1,3H3. The van der Waals surface area contributed by atoms with Crippen molar-refractivity contribution in [2.24, 2.45) is 5.92 Å². The van der Waals surface area contributed by atoms with Crippen molar-refractivity contribution in [2.45, 2.75) is 20.3 Å². The van der Waals surface area contributed by atoms with E-state index in [9.17, 15) is 0 Å². The highest BCUT2D eigenvalue weighted by molar-refractivity contribution is 8.02. The maximum atomic E-state index is 3.63. The summed E-state index contributed by atoms with van der Waals surface area (Å²) in [6.45, 7) is 8.11. The van der Waals surface area contributed by atoms with E-state index in [1.807, 2.05) is 5.41 Å². The molecule has 0 spiro atoms. The minimum absolute atomic E-state index is 0.845. The van der Waals surface area contributed by atoms with E-state index >= 15 is 0 Å². The summed E-state index contributed by atoms with van der Waals surface area (Å²) in [7, 11) is 0. The first kappa shape index (κ1) is 8.09. The molecule has 0 aromatic rings. The number of hydrogen-bond donors (Lipinski definition) is 0. The summed E-state index contributed by atoms with van der Waals surface area (Å²) in [6.07, 6.45) is 1.28. The Bertz CT molecular complexity index is 59.4. The quantitative estimate of drug-likeness (QED) is 0.564. The monoisotopic (exact) mass is 130 g/mol. The van der Waals surface area contributed by atoms with Crippen LogP contribution in [0.3, 0.4) is 0 Å². The molecule has 0 saturated carbocycles. The molecule has 0 aromatic heterocycles. The van der Waals surface area contributed by atoms with Gasteiger partial charge in [0.05, 0.1) is 0 Å². The van der Waals surface area contributed by atoms with Gasteiger partial charge in [-0.1, -0.05) is 26.8 Å². The van der Waals surface area contributed by atoms with E-state index in [1.54, 1.807) is 11.8 Å².